The predicted octanol–water partition coefficient (Wildman–Crippen LogP) is 3.00. The predicted molar refractivity (Wildman–Crippen MR) is 112 cm³/mol. The van der Waals surface area contributed by atoms with E-state index in [2.05, 4.69) is 16.7 Å². The Kier molecular flexibility index (Phi) is 7.30. The van der Waals surface area contributed by atoms with Crippen molar-refractivity contribution >= 4 is 29.7 Å². The zero-order valence-electron chi connectivity index (χ0n) is 16.6. The third kappa shape index (κ3) is 5.43. The highest BCUT2D eigenvalue weighted by atomic mass is 32.2. The van der Waals surface area contributed by atoms with Crippen LogP contribution in [0.15, 0.2) is 69.6 Å². The Hall–Kier alpha value is -3.77. The molecule has 3 rings (SSSR count). The Balaban J connectivity index is 1.79. The maximum absolute atomic E-state index is 12.8. The maximum atomic E-state index is 12.8. The van der Waals surface area contributed by atoms with Gasteiger partial charge in [0.1, 0.15) is 12.7 Å². The number of amides is 2. The lowest BCUT2D eigenvalue weighted by Gasteiger charge is -2.21. The molecule has 0 radical (unpaired) electrons. The minimum atomic E-state index is -0.624. The number of carbonyl (C=O) groups excluding carboxylic acids is 3. The highest BCUT2D eigenvalue weighted by molar-refractivity contribution is 7.99. The normalized spacial score (nSPS) is 13.0. The van der Waals surface area contributed by atoms with Crippen molar-refractivity contribution in [2.24, 2.45) is 0 Å². The molecular weight excluding hydrogens is 418 g/mol. The van der Waals surface area contributed by atoms with Gasteiger partial charge in [-0.05, 0) is 31.2 Å². The van der Waals surface area contributed by atoms with Crippen molar-refractivity contribution in [1.82, 2.24) is 10.6 Å². The topological polar surface area (TPSA) is 118 Å². The second kappa shape index (κ2) is 10.3. The van der Waals surface area contributed by atoms with E-state index >= 15 is 0 Å². The molecular formula is C22H19N3O5S. The highest BCUT2D eigenvalue weighted by Gasteiger charge is 2.25. The fourth-order valence-corrected chi connectivity index (χ4v) is 3.79. The molecule has 0 fully saturated rings. The molecule has 0 saturated heterocycles. The van der Waals surface area contributed by atoms with Crippen LogP contribution in [0.25, 0.3) is 0 Å². The van der Waals surface area contributed by atoms with Gasteiger partial charge < -0.3 is 20.1 Å². The van der Waals surface area contributed by atoms with Crippen molar-refractivity contribution < 1.29 is 23.9 Å². The van der Waals surface area contributed by atoms with Gasteiger partial charge in [-0.2, -0.15) is 5.26 Å². The summed E-state index contributed by atoms with van der Waals surface area (Å²) in [4.78, 5) is 37.9. The molecule has 2 aromatic carbocycles. The van der Waals surface area contributed by atoms with Gasteiger partial charge in [0, 0.05) is 9.79 Å². The number of hydrogen-bond acceptors (Lipinski definition) is 7. The molecule has 2 N–H and O–H groups in total. The van der Waals surface area contributed by atoms with Gasteiger partial charge in [0.2, 0.25) is 0 Å². The van der Waals surface area contributed by atoms with Crippen molar-refractivity contribution in [3.63, 3.8) is 0 Å². The van der Waals surface area contributed by atoms with Crippen LogP contribution in [0.4, 0.5) is 4.79 Å². The van der Waals surface area contributed by atoms with E-state index in [1.165, 1.54) is 11.8 Å². The maximum Gasteiger partial charge on any atom is 0.339 e. The third-order valence-corrected chi connectivity index (χ3v) is 5.41. The second-order valence-electron chi connectivity index (χ2n) is 6.27. The van der Waals surface area contributed by atoms with Crippen LogP contribution < -0.4 is 10.6 Å². The van der Waals surface area contributed by atoms with Gasteiger partial charge >= 0.3 is 18.0 Å². The van der Waals surface area contributed by atoms with Gasteiger partial charge in [-0.3, -0.25) is 0 Å². The van der Waals surface area contributed by atoms with Crippen molar-refractivity contribution in [2.75, 3.05) is 19.8 Å². The quantitative estimate of drug-likeness (QED) is 0.640. The molecule has 0 atom stereocenters. The molecule has 1 heterocycles. The van der Waals surface area contributed by atoms with E-state index in [1.54, 1.807) is 49.4 Å². The van der Waals surface area contributed by atoms with Crippen LogP contribution in [-0.4, -0.2) is 37.7 Å². The average Bonchev–Trinajstić information content (AvgIpc) is 2.78. The monoisotopic (exact) mass is 437 g/mol. The number of ether oxygens (including phenoxy) is 2. The van der Waals surface area contributed by atoms with E-state index in [0.29, 0.717) is 20.9 Å². The summed E-state index contributed by atoms with van der Waals surface area (Å²) < 4.78 is 10.4. The first-order chi connectivity index (χ1) is 15.0. The number of rotatable bonds is 7. The molecule has 2 aromatic rings. The minimum Gasteiger partial charge on any atom is -0.463 e. The van der Waals surface area contributed by atoms with Crippen molar-refractivity contribution in [3.8, 4) is 6.07 Å². The Morgan fingerprint density at radius 1 is 1.06 bits per heavy atom. The molecule has 8 nitrogen and oxygen atoms in total. The summed E-state index contributed by atoms with van der Waals surface area (Å²) in [6.07, 6.45) is 0. The van der Waals surface area contributed by atoms with E-state index in [1.807, 2.05) is 6.07 Å². The number of benzene rings is 2. The molecule has 158 valence electrons. The average molecular weight is 437 g/mol. The first-order valence-corrected chi connectivity index (χ1v) is 10.2. The number of nitrogens with zero attached hydrogens (tertiary/aromatic N) is 1. The molecule has 1 aliphatic heterocycles. The van der Waals surface area contributed by atoms with E-state index in [9.17, 15) is 19.6 Å². The van der Waals surface area contributed by atoms with Crippen molar-refractivity contribution in [2.45, 2.75) is 16.7 Å². The summed E-state index contributed by atoms with van der Waals surface area (Å²) in [5.41, 5.74) is 1.17. The van der Waals surface area contributed by atoms with Gasteiger partial charge in [0.25, 0.3) is 0 Å². The molecule has 0 unspecified atom stereocenters. The number of esters is 2. The Bertz CT molecular complexity index is 1090. The molecule has 9 heteroatoms. The summed E-state index contributed by atoms with van der Waals surface area (Å²) in [6.45, 7) is 1.54. The smallest absolute Gasteiger partial charge is 0.339 e. The third-order valence-electron chi connectivity index (χ3n) is 4.26. The van der Waals surface area contributed by atoms with Gasteiger partial charge in [0.15, 0.2) is 0 Å². The molecule has 0 aliphatic carbocycles. The largest absolute Gasteiger partial charge is 0.463 e. The standard InChI is InChI=1S/C22H19N3O5S/c1-2-29-21(27)16-12-24-22(28)25-17(16)13-30-20(26)15-8-4-6-10-19(15)31-18-9-5-3-7-14(18)11-23/h3-10H,2,12-13H2,1H3,(H2,24,25,28). The second-order valence-corrected chi connectivity index (χ2v) is 7.35. The van der Waals surface area contributed by atoms with E-state index in [0.717, 1.165) is 0 Å². The molecule has 2 amide bonds. The first kappa shape index (κ1) is 21.9. The van der Waals surface area contributed by atoms with E-state index in [4.69, 9.17) is 9.47 Å². The summed E-state index contributed by atoms with van der Waals surface area (Å²) >= 11 is 1.28. The van der Waals surface area contributed by atoms with E-state index in [-0.39, 0.29) is 31.0 Å². The van der Waals surface area contributed by atoms with Gasteiger partial charge in [-0.25, -0.2) is 14.4 Å². The number of nitriles is 1. The van der Waals surface area contributed by atoms with Crippen LogP contribution in [0.3, 0.4) is 0 Å². The van der Waals surface area contributed by atoms with Crippen LogP contribution in [0.5, 0.6) is 0 Å². The van der Waals surface area contributed by atoms with Gasteiger partial charge in [0.05, 0.1) is 35.5 Å². The lowest BCUT2D eigenvalue weighted by atomic mass is 10.1. The molecule has 0 bridgehead atoms. The first-order valence-electron chi connectivity index (χ1n) is 9.40. The lowest BCUT2D eigenvalue weighted by Crippen LogP contribution is -2.45. The Labute approximate surface area is 183 Å². The van der Waals surface area contributed by atoms with Crippen molar-refractivity contribution in [3.05, 3.63) is 70.9 Å². The zero-order chi connectivity index (χ0) is 22.2. The summed E-state index contributed by atoms with van der Waals surface area (Å²) in [5.74, 6) is -1.22. The lowest BCUT2D eigenvalue weighted by molar-refractivity contribution is -0.138. The summed E-state index contributed by atoms with van der Waals surface area (Å²) in [7, 11) is 0. The van der Waals surface area contributed by atoms with Crippen LogP contribution in [0.2, 0.25) is 0 Å². The molecule has 1 aliphatic rings. The van der Waals surface area contributed by atoms with Crippen LogP contribution in [0.1, 0.15) is 22.8 Å². The molecule has 0 spiro atoms. The van der Waals surface area contributed by atoms with Crippen molar-refractivity contribution in [1.29, 1.82) is 5.26 Å². The number of urea groups is 1. The van der Waals surface area contributed by atoms with Gasteiger partial charge in [-0.1, -0.05) is 36.0 Å². The van der Waals surface area contributed by atoms with E-state index < -0.39 is 18.0 Å². The van der Waals surface area contributed by atoms with Crippen LogP contribution in [0, 0.1) is 11.3 Å². The van der Waals surface area contributed by atoms with Crippen LogP contribution >= 0.6 is 11.8 Å². The van der Waals surface area contributed by atoms with Gasteiger partial charge in [-0.15, -0.1) is 0 Å². The Morgan fingerprint density at radius 2 is 1.77 bits per heavy atom. The number of hydrogen-bond donors (Lipinski definition) is 2. The fraction of sp³-hybridized carbons (Fsp3) is 0.182. The van der Waals surface area contributed by atoms with Crippen LogP contribution in [-0.2, 0) is 14.3 Å². The summed E-state index contributed by atoms with van der Waals surface area (Å²) in [6, 6.07) is 15.6. The molecule has 0 aromatic heterocycles. The fourth-order valence-electron chi connectivity index (χ4n) is 2.78. The highest BCUT2D eigenvalue weighted by Crippen LogP contribution is 2.33. The molecule has 31 heavy (non-hydrogen) atoms. The minimum absolute atomic E-state index is 0.0189. The zero-order valence-corrected chi connectivity index (χ0v) is 17.5. The SMILES string of the molecule is CCOC(=O)C1=C(COC(=O)c2ccccc2Sc2ccccc2C#N)NC(=O)NC1. The molecule has 0 saturated carbocycles. The number of nitrogens with one attached hydrogen (secondary N) is 2. The summed E-state index contributed by atoms with van der Waals surface area (Å²) in [5, 5.41) is 14.3. The number of carbonyl (C=O) groups is 3. The Morgan fingerprint density at radius 3 is 2.52 bits per heavy atom.